The van der Waals surface area contributed by atoms with E-state index in [-0.39, 0.29) is 36.0 Å². The van der Waals surface area contributed by atoms with Gasteiger partial charge in [-0.3, -0.25) is 33.8 Å². The van der Waals surface area contributed by atoms with Gasteiger partial charge in [0.05, 0.1) is 12.2 Å². The number of halogens is 2. The predicted molar refractivity (Wildman–Crippen MR) is 169 cm³/mol. The van der Waals surface area contributed by atoms with Crippen molar-refractivity contribution in [1.29, 1.82) is 0 Å². The number of amides is 5. The van der Waals surface area contributed by atoms with E-state index in [0.29, 0.717) is 19.3 Å². The number of alkyl halides is 2. The molecule has 1 aromatic heterocycles. The minimum absolute atomic E-state index is 0.0101. The minimum atomic E-state index is -2.75. The Labute approximate surface area is 279 Å². The maximum absolute atomic E-state index is 14.4. The molecule has 4 N–H and O–H groups in total. The smallest absolute Gasteiger partial charge is 0.289 e. The van der Waals surface area contributed by atoms with Gasteiger partial charge in [0.2, 0.25) is 29.9 Å². The highest BCUT2D eigenvalue weighted by Crippen LogP contribution is 2.43. The topological polar surface area (TPSA) is 180 Å². The molecular formula is C33H47F2N7O6. The number of fused-ring (bicyclic) bond motifs is 1. The maximum Gasteiger partial charge on any atom is 0.289 e. The molecule has 0 spiro atoms. The average molecular weight is 676 g/mol. The van der Waals surface area contributed by atoms with Crippen molar-refractivity contribution in [2.45, 2.75) is 116 Å². The van der Waals surface area contributed by atoms with Crippen LogP contribution in [0.1, 0.15) is 90.1 Å². The van der Waals surface area contributed by atoms with Crippen LogP contribution >= 0.6 is 0 Å². The lowest BCUT2D eigenvalue weighted by molar-refractivity contribution is -0.146. The van der Waals surface area contributed by atoms with E-state index in [0.717, 1.165) is 12.8 Å². The minimum Gasteiger partial charge on any atom is -0.347 e. The van der Waals surface area contributed by atoms with Crippen LogP contribution in [0.2, 0.25) is 0 Å². The number of Topliss-reactive ketones (excluding diaryl/α,β-unsaturated/α-hetero) is 1. The molecule has 0 radical (unpaired) electrons. The Kier molecular flexibility index (Phi) is 11.8. The van der Waals surface area contributed by atoms with Crippen LogP contribution in [-0.2, 0) is 24.0 Å². The van der Waals surface area contributed by atoms with Crippen LogP contribution in [0.5, 0.6) is 0 Å². The Bertz CT molecular complexity index is 1370. The van der Waals surface area contributed by atoms with E-state index in [1.807, 2.05) is 0 Å². The second-order valence-corrected chi connectivity index (χ2v) is 14.5. The fourth-order valence-corrected chi connectivity index (χ4v) is 6.54. The highest BCUT2D eigenvalue weighted by atomic mass is 19.3. The van der Waals surface area contributed by atoms with Gasteiger partial charge < -0.3 is 26.2 Å². The van der Waals surface area contributed by atoms with Gasteiger partial charge in [0.25, 0.3) is 11.8 Å². The summed E-state index contributed by atoms with van der Waals surface area (Å²) in [6.07, 6.45) is 3.83. The van der Waals surface area contributed by atoms with Crippen LogP contribution in [0.4, 0.5) is 8.78 Å². The molecule has 1 saturated heterocycles. The molecule has 2 heterocycles. The molecule has 1 aromatic rings. The van der Waals surface area contributed by atoms with Crippen LogP contribution in [0.3, 0.4) is 0 Å². The molecule has 4 rings (SSSR count). The Morgan fingerprint density at radius 1 is 0.958 bits per heavy atom. The number of likely N-dealkylation sites (tertiary alicyclic amines) is 1. The molecule has 5 amide bonds. The van der Waals surface area contributed by atoms with Crippen molar-refractivity contribution in [3.8, 4) is 0 Å². The number of carbonyl (C=O) groups excluding carboxylic acids is 6. The number of carbonyl (C=O) groups is 6. The summed E-state index contributed by atoms with van der Waals surface area (Å²) < 4.78 is 26.4. The van der Waals surface area contributed by atoms with Gasteiger partial charge >= 0.3 is 0 Å². The van der Waals surface area contributed by atoms with E-state index in [2.05, 4.69) is 31.2 Å². The van der Waals surface area contributed by atoms with E-state index >= 15 is 0 Å². The van der Waals surface area contributed by atoms with Crippen molar-refractivity contribution >= 4 is 35.3 Å². The first-order valence-corrected chi connectivity index (χ1v) is 16.7. The largest absolute Gasteiger partial charge is 0.347 e. The third-order valence-electron chi connectivity index (χ3n) is 9.32. The summed E-state index contributed by atoms with van der Waals surface area (Å²) in [5.41, 5.74) is -0.814. The normalized spacial score (nSPS) is 22.4. The molecule has 13 nitrogen and oxygen atoms in total. The van der Waals surface area contributed by atoms with Crippen molar-refractivity contribution in [3.05, 3.63) is 24.3 Å². The molecule has 6 atom stereocenters. The van der Waals surface area contributed by atoms with E-state index < -0.39 is 84.2 Å². The van der Waals surface area contributed by atoms with Gasteiger partial charge in [-0.2, -0.15) is 0 Å². The molecule has 15 heteroatoms. The SMILES string of the molecule is CC(C)C(NC(=O)c1cnccn1)C(=O)NC(C(=O)N1C[C@@H]2CCC[C@@H]2C1C(=O)NC(CCC(F)F)C(=O)C(=O)NC1CC1)C(C)(C)C. The van der Waals surface area contributed by atoms with Crippen LogP contribution in [-0.4, -0.2) is 93.4 Å². The Balaban J connectivity index is 1.54. The van der Waals surface area contributed by atoms with E-state index in [1.165, 1.54) is 23.5 Å². The lowest BCUT2D eigenvalue weighted by Crippen LogP contribution is -2.62. The van der Waals surface area contributed by atoms with Crippen molar-refractivity contribution in [3.63, 3.8) is 0 Å². The lowest BCUT2D eigenvalue weighted by Gasteiger charge is -2.37. The van der Waals surface area contributed by atoms with Crippen molar-refractivity contribution in [2.24, 2.45) is 23.2 Å². The number of ketones is 1. The molecular weight excluding hydrogens is 628 g/mol. The zero-order chi connectivity index (χ0) is 35.3. The first-order valence-electron chi connectivity index (χ1n) is 16.7. The molecule has 264 valence electrons. The first kappa shape index (κ1) is 36.8. The first-order chi connectivity index (χ1) is 22.6. The lowest BCUT2D eigenvalue weighted by atomic mass is 9.85. The Hall–Kier alpha value is -4.04. The summed E-state index contributed by atoms with van der Waals surface area (Å²) in [5, 5.41) is 10.6. The highest BCUT2D eigenvalue weighted by Gasteiger charge is 2.52. The molecule has 0 aromatic carbocycles. The third kappa shape index (κ3) is 9.10. The second kappa shape index (κ2) is 15.5. The highest BCUT2D eigenvalue weighted by molar-refractivity contribution is 6.38. The van der Waals surface area contributed by atoms with Crippen molar-refractivity contribution < 1.29 is 37.5 Å². The van der Waals surface area contributed by atoms with Gasteiger partial charge in [0.15, 0.2) is 0 Å². The molecule has 48 heavy (non-hydrogen) atoms. The number of aromatic nitrogens is 2. The molecule has 0 bridgehead atoms. The van der Waals surface area contributed by atoms with E-state index in [4.69, 9.17) is 0 Å². The summed E-state index contributed by atoms with van der Waals surface area (Å²) in [5.74, 6) is -4.98. The van der Waals surface area contributed by atoms with Gasteiger partial charge in [0.1, 0.15) is 23.8 Å². The summed E-state index contributed by atoms with van der Waals surface area (Å²) in [6.45, 7) is 9.02. The molecule has 2 saturated carbocycles. The van der Waals surface area contributed by atoms with Gasteiger partial charge in [0, 0.05) is 31.4 Å². The number of nitrogens with one attached hydrogen (secondary N) is 4. The van der Waals surface area contributed by atoms with Crippen LogP contribution in [0.15, 0.2) is 18.6 Å². The zero-order valence-corrected chi connectivity index (χ0v) is 28.1. The standard InChI is InChI=1S/C33H47F2N7O6/c1-17(2)24(40-28(44)22-15-36-13-14-37-22)29(45)41-27(33(3,4)5)32(48)42-16-18-7-6-8-20(18)25(42)30(46)39-21(11-12-23(34)35)26(43)31(47)38-19-9-10-19/h13-15,17-21,23-25,27H,6-12,16H2,1-5H3,(H,38,47)(H,39,46)(H,40,44)(H,41,45)/t18-,20-,21?,24?,25?,27?/m0/s1. The third-order valence-corrected chi connectivity index (χ3v) is 9.32. The summed E-state index contributed by atoms with van der Waals surface area (Å²) in [6, 6.07) is -4.80. The quantitative estimate of drug-likeness (QED) is 0.216. The van der Waals surface area contributed by atoms with Crippen molar-refractivity contribution in [2.75, 3.05) is 6.54 Å². The number of hydrogen-bond donors (Lipinski definition) is 4. The molecule has 1 aliphatic heterocycles. The van der Waals surface area contributed by atoms with Gasteiger partial charge in [-0.05, 0) is 55.3 Å². The molecule has 3 fully saturated rings. The summed E-state index contributed by atoms with van der Waals surface area (Å²) in [4.78, 5) is 89.7. The molecule has 4 unspecified atom stereocenters. The van der Waals surface area contributed by atoms with Crippen LogP contribution < -0.4 is 21.3 Å². The summed E-state index contributed by atoms with van der Waals surface area (Å²) in [7, 11) is 0. The fraction of sp³-hybridized carbons (Fsp3) is 0.697. The van der Waals surface area contributed by atoms with E-state index in [9.17, 15) is 37.5 Å². The van der Waals surface area contributed by atoms with Crippen LogP contribution in [0, 0.1) is 23.2 Å². The van der Waals surface area contributed by atoms with Crippen molar-refractivity contribution in [1.82, 2.24) is 36.1 Å². The number of hydrogen-bond acceptors (Lipinski definition) is 8. The zero-order valence-electron chi connectivity index (χ0n) is 28.1. The number of nitrogens with zero attached hydrogens (tertiary/aromatic N) is 3. The average Bonchev–Trinajstić information content (AvgIpc) is 3.59. The van der Waals surface area contributed by atoms with Gasteiger partial charge in [-0.15, -0.1) is 0 Å². The summed E-state index contributed by atoms with van der Waals surface area (Å²) >= 11 is 0. The Morgan fingerprint density at radius 2 is 1.67 bits per heavy atom. The van der Waals surface area contributed by atoms with Gasteiger partial charge in [-0.25, -0.2) is 13.8 Å². The van der Waals surface area contributed by atoms with E-state index in [1.54, 1.807) is 34.6 Å². The van der Waals surface area contributed by atoms with Crippen LogP contribution in [0.25, 0.3) is 0 Å². The molecule has 2 aliphatic carbocycles. The fourth-order valence-electron chi connectivity index (χ4n) is 6.54. The predicted octanol–water partition coefficient (Wildman–Crippen LogP) is 1.77. The number of rotatable bonds is 14. The molecule has 3 aliphatic rings. The Morgan fingerprint density at radius 3 is 2.25 bits per heavy atom. The second-order valence-electron chi connectivity index (χ2n) is 14.5. The maximum atomic E-state index is 14.4. The van der Waals surface area contributed by atoms with Gasteiger partial charge in [-0.1, -0.05) is 41.0 Å². The monoisotopic (exact) mass is 675 g/mol.